The van der Waals surface area contributed by atoms with Crippen molar-refractivity contribution >= 4 is 34.0 Å². The molecule has 2 N–H and O–H groups in total. The Hall–Kier alpha value is -5.24. The number of aromatic nitrogens is 1. The number of carboxylic acids is 1. The van der Waals surface area contributed by atoms with E-state index >= 15 is 0 Å². The standard InChI is InChI=1S/C36H32F2N2O4/c1-2-24(23-34(41)39-31-6-3-4-7-33(31)44-21-5-8-35(42)43)27-13-18-32-28(22-27)19-20-40(32)36(25-9-14-29(37)15-10-25)26-11-16-30(38)17-12-26/h3-4,6-7,9-20,22-23,36H,2,5,8,21H2,1H3,(H,39,41)(H,42,43). The number of nitrogens with zero attached hydrogens (tertiary/aromatic N) is 1. The predicted molar refractivity (Wildman–Crippen MR) is 168 cm³/mol. The van der Waals surface area contributed by atoms with E-state index < -0.39 is 5.97 Å². The smallest absolute Gasteiger partial charge is 0.303 e. The monoisotopic (exact) mass is 594 g/mol. The molecule has 0 unspecified atom stereocenters. The lowest BCUT2D eigenvalue weighted by Gasteiger charge is -2.22. The van der Waals surface area contributed by atoms with Crippen LogP contribution in [0.3, 0.4) is 0 Å². The molecule has 224 valence electrons. The van der Waals surface area contributed by atoms with Crippen LogP contribution in [0.15, 0.2) is 109 Å². The second-order valence-corrected chi connectivity index (χ2v) is 10.4. The largest absolute Gasteiger partial charge is 0.491 e. The third-order valence-corrected chi connectivity index (χ3v) is 7.36. The first kappa shape index (κ1) is 30.2. The van der Waals surface area contributed by atoms with E-state index in [1.165, 1.54) is 24.3 Å². The Morgan fingerprint density at radius 1 is 0.909 bits per heavy atom. The molecule has 5 rings (SSSR count). The lowest BCUT2D eigenvalue weighted by atomic mass is 9.97. The summed E-state index contributed by atoms with van der Waals surface area (Å²) in [4.78, 5) is 23.8. The van der Waals surface area contributed by atoms with Crippen LogP contribution in [0.5, 0.6) is 5.75 Å². The predicted octanol–water partition coefficient (Wildman–Crippen LogP) is 8.23. The molecule has 0 atom stereocenters. The van der Waals surface area contributed by atoms with Crippen molar-refractivity contribution in [3.8, 4) is 5.75 Å². The number of rotatable bonds is 12. The van der Waals surface area contributed by atoms with Crippen LogP contribution < -0.4 is 10.1 Å². The quantitative estimate of drug-likeness (QED) is 0.113. The molecule has 0 aliphatic rings. The number of hydrogen-bond acceptors (Lipinski definition) is 3. The highest BCUT2D eigenvalue weighted by Crippen LogP contribution is 2.33. The first-order valence-electron chi connectivity index (χ1n) is 14.4. The van der Waals surface area contributed by atoms with Crippen molar-refractivity contribution in [1.82, 2.24) is 4.57 Å². The fraction of sp³-hybridized carbons (Fsp3) is 0.167. The van der Waals surface area contributed by atoms with E-state index in [0.717, 1.165) is 33.2 Å². The summed E-state index contributed by atoms with van der Waals surface area (Å²) in [6.45, 7) is 2.20. The molecule has 0 spiro atoms. The van der Waals surface area contributed by atoms with Gasteiger partial charge in [-0.05, 0) is 89.7 Å². The van der Waals surface area contributed by atoms with Gasteiger partial charge in [-0.3, -0.25) is 9.59 Å². The number of para-hydroxylation sites is 2. The highest BCUT2D eigenvalue weighted by molar-refractivity contribution is 6.05. The topological polar surface area (TPSA) is 80.6 Å². The summed E-state index contributed by atoms with van der Waals surface area (Å²) in [7, 11) is 0. The van der Waals surface area contributed by atoms with Gasteiger partial charge in [-0.1, -0.05) is 49.4 Å². The first-order valence-corrected chi connectivity index (χ1v) is 14.4. The van der Waals surface area contributed by atoms with Crippen LogP contribution in [0, 0.1) is 11.6 Å². The van der Waals surface area contributed by atoms with E-state index in [1.807, 2.05) is 37.4 Å². The van der Waals surface area contributed by atoms with E-state index in [4.69, 9.17) is 9.84 Å². The highest BCUT2D eigenvalue weighted by Gasteiger charge is 2.19. The fourth-order valence-corrected chi connectivity index (χ4v) is 5.21. The number of carboxylic acid groups (broad SMARTS) is 1. The van der Waals surface area contributed by atoms with Gasteiger partial charge in [-0.2, -0.15) is 0 Å². The normalized spacial score (nSPS) is 11.6. The molecule has 6 nitrogen and oxygen atoms in total. The zero-order chi connectivity index (χ0) is 31.1. The van der Waals surface area contributed by atoms with Crippen molar-refractivity contribution in [2.24, 2.45) is 0 Å². The third kappa shape index (κ3) is 7.21. The van der Waals surface area contributed by atoms with Crippen LogP contribution in [0.4, 0.5) is 14.5 Å². The Morgan fingerprint density at radius 3 is 2.20 bits per heavy atom. The van der Waals surface area contributed by atoms with Crippen molar-refractivity contribution < 1.29 is 28.2 Å². The molecule has 0 aliphatic heterocycles. The number of anilines is 1. The summed E-state index contributed by atoms with van der Waals surface area (Å²) in [5, 5.41) is 12.7. The van der Waals surface area contributed by atoms with Crippen LogP contribution in [-0.4, -0.2) is 28.2 Å². The minimum Gasteiger partial charge on any atom is -0.491 e. The Balaban J connectivity index is 1.40. The fourth-order valence-electron chi connectivity index (χ4n) is 5.21. The third-order valence-electron chi connectivity index (χ3n) is 7.36. The minimum atomic E-state index is -0.886. The molecule has 1 amide bonds. The summed E-state index contributed by atoms with van der Waals surface area (Å²) in [6.07, 6.45) is 4.50. The summed E-state index contributed by atoms with van der Waals surface area (Å²) in [6, 6.07) is 27.3. The van der Waals surface area contributed by atoms with Gasteiger partial charge in [0.15, 0.2) is 0 Å². The van der Waals surface area contributed by atoms with Crippen molar-refractivity contribution in [3.05, 3.63) is 138 Å². The van der Waals surface area contributed by atoms with Crippen molar-refractivity contribution in [2.75, 3.05) is 11.9 Å². The molecular formula is C36H32F2N2O4. The van der Waals surface area contributed by atoms with Gasteiger partial charge < -0.3 is 19.7 Å². The summed E-state index contributed by atoms with van der Waals surface area (Å²) >= 11 is 0. The Bertz CT molecular complexity index is 1750. The van der Waals surface area contributed by atoms with Crippen LogP contribution >= 0.6 is 0 Å². The van der Waals surface area contributed by atoms with Crippen LogP contribution in [-0.2, 0) is 9.59 Å². The minimum absolute atomic E-state index is 0.00395. The van der Waals surface area contributed by atoms with Gasteiger partial charge in [0.2, 0.25) is 5.91 Å². The SMILES string of the molecule is CCC(=CC(=O)Nc1ccccc1OCCCC(=O)O)c1ccc2c(ccn2C(c2ccc(F)cc2)c2ccc(F)cc2)c1. The van der Waals surface area contributed by atoms with Gasteiger partial charge in [0.25, 0.3) is 0 Å². The number of allylic oxidation sites excluding steroid dienone is 1. The van der Waals surface area contributed by atoms with Crippen molar-refractivity contribution in [3.63, 3.8) is 0 Å². The van der Waals surface area contributed by atoms with E-state index in [0.29, 0.717) is 24.3 Å². The molecule has 0 saturated carbocycles. The molecule has 4 aromatic carbocycles. The lowest BCUT2D eigenvalue weighted by molar-refractivity contribution is -0.137. The zero-order valence-corrected chi connectivity index (χ0v) is 24.2. The Kier molecular flexibility index (Phi) is 9.49. The summed E-state index contributed by atoms with van der Waals surface area (Å²) < 4.78 is 35.3. The Labute approximate surface area is 254 Å². The molecule has 44 heavy (non-hydrogen) atoms. The van der Waals surface area contributed by atoms with Gasteiger partial charge in [0.05, 0.1) is 18.3 Å². The summed E-state index contributed by atoms with van der Waals surface area (Å²) in [5.74, 6) is -1.39. The van der Waals surface area contributed by atoms with Gasteiger partial charge >= 0.3 is 5.97 Å². The van der Waals surface area contributed by atoms with E-state index in [-0.39, 0.29) is 36.6 Å². The maximum Gasteiger partial charge on any atom is 0.303 e. The molecule has 1 aromatic heterocycles. The van der Waals surface area contributed by atoms with Gasteiger partial charge in [-0.15, -0.1) is 0 Å². The molecule has 8 heteroatoms. The lowest BCUT2D eigenvalue weighted by Crippen LogP contribution is -2.11. The number of carbonyl (C=O) groups is 2. The molecule has 0 radical (unpaired) electrons. The molecule has 1 heterocycles. The summed E-state index contributed by atoms with van der Waals surface area (Å²) in [5.41, 5.74) is 4.88. The van der Waals surface area contributed by atoms with E-state index in [1.54, 1.807) is 54.6 Å². The molecule has 0 aliphatic carbocycles. The number of carbonyl (C=O) groups excluding carboxylic acids is 1. The number of nitrogens with one attached hydrogen (secondary N) is 1. The van der Waals surface area contributed by atoms with Crippen LogP contribution in [0.25, 0.3) is 16.5 Å². The van der Waals surface area contributed by atoms with Gasteiger partial charge in [-0.25, -0.2) is 8.78 Å². The second-order valence-electron chi connectivity index (χ2n) is 10.4. The van der Waals surface area contributed by atoms with Crippen molar-refractivity contribution in [1.29, 1.82) is 0 Å². The van der Waals surface area contributed by atoms with Crippen LogP contribution in [0.2, 0.25) is 0 Å². The number of fused-ring (bicyclic) bond motifs is 1. The molecule has 5 aromatic rings. The Morgan fingerprint density at radius 2 is 1.57 bits per heavy atom. The number of aliphatic carboxylic acids is 1. The highest BCUT2D eigenvalue weighted by atomic mass is 19.1. The maximum absolute atomic E-state index is 13.8. The van der Waals surface area contributed by atoms with E-state index in [2.05, 4.69) is 9.88 Å². The van der Waals surface area contributed by atoms with Gasteiger partial charge in [0.1, 0.15) is 17.4 Å². The number of hydrogen-bond donors (Lipinski definition) is 2. The maximum atomic E-state index is 13.8. The number of amides is 1. The number of benzene rings is 4. The zero-order valence-electron chi connectivity index (χ0n) is 24.2. The van der Waals surface area contributed by atoms with Gasteiger partial charge in [0, 0.05) is 29.6 Å². The average molecular weight is 595 g/mol. The van der Waals surface area contributed by atoms with Crippen LogP contribution in [0.1, 0.15) is 48.9 Å². The number of ether oxygens (including phenoxy) is 1. The van der Waals surface area contributed by atoms with Crippen molar-refractivity contribution in [2.45, 2.75) is 32.2 Å². The molecular weight excluding hydrogens is 562 g/mol. The average Bonchev–Trinajstić information content (AvgIpc) is 3.43. The molecule has 0 saturated heterocycles. The molecule has 0 fully saturated rings. The number of halogens is 2. The first-order chi connectivity index (χ1) is 21.3. The second kappa shape index (κ2) is 13.8. The molecule has 0 bridgehead atoms. The van der Waals surface area contributed by atoms with E-state index in [9.17, 15) is 18.4 Å².